The molecule has 1 heterocycles. The number of carbonyl (C=O) groups is 2. The van der Waals surface area contributed by atoms with Crippen molar-refractivity contribution >= 4 is 23.2 Å². The minimum atomic E-state index is -0.268. The first kappa shape index (κ1) is 19.7. The summed E-state index contributed by atoms with van der Waals surface area (Å²) in [5.74, 6) is 0.287. The van der Waals surface area contributed by atoms with Gasteiger partial charge in [-0.1, -0.05) is 30.3 Å². The standard InChI is InChI=1S/C25H24N2O3/c1-26(2)19-12-15-21-22(16-19)25(29)27(24(21)28)23-7-5-4-6-18(23)11-8-17-9-13-20(30-3)14-10-17/h4-7,9-10,12-16H,8,11H2,1-3H3. The SMILES string of the molecule is COc1ccc(CCc2ccccc2N2C(=O)c3ccc(N(C)C)cc3C2=O)cc1. The fraction of sp³-hybridized carbons (Fsp3) is 0.200. The van der Waals surface area contributed by atoms with Crippen molar-refractivity contribution in [3.8, 4) is 5.75 Å². The Balaban J connectivity index is 1.61. The van der Waals surface area contributed by atoms with Crippen LogP contribution in [-0.2, 0) is 12.8 Å². The molecule has 0 fully saturated rings. The molecule has 152 valence electrons. The molecule has 1 aliphatic rings. The molecule has 3 aromatic carbocycles. The van der Waals surface area contributed by atoms with Crippen molar-refractivity contribution in [3.05, 3.63) is 89.0 Å². The van der Waals surface area contributed by atoms with Crippen LogP contribution < -0.4 is 14.5 Å². The maximum atomic E-state index is 13.2. The van der Waals surface area contributed by atoms with E-state index in [1.165, 1.54) is 10.5 Å². The molecule has 0 aliphatic carbocycles. The molecule has 0 radical (unpaired) electrons. The predicted molar refractivity (Wildman–Crippen MR) is 119 cm³/mol. The summed E-state index contributed by atoms with van der Waals surface area (Å²) in [6, 6.07) is 21.0. The number of amides is 2. The van der Waals surface area contributed by atoms with Crippen molar-refractivity contribution in [1.82, 2.24) is 0 Å². The van der Waals surface area contributed by atoms with E-state index in [1.807, 2.05) is 73.6 Å². The number of methoxy groups -OCH3 is 1. The van der Waals surface area contributed by atoms with Crippen LogP contribution in [0.1, 0.15) is 31.8 Å². The van der Waals surface area contributed by atoms with Gasteiger partial charge in [0.05, 0.1) is 23.9 Å². The van der Waals surface area contributed by atoms with E-state index < -0.39 is 0 Å². The number of anilines is 2. The minimum absolute atomic E-state index is 0.266. The summed E-state index contributed by atoms with van der Waals surface area (Å²) in [5, 5.41) is 0. The fourth-order valence-corrected chi connectivity index (χ4v) is 3.74. The number of hydrogen-bond donors (Lipinski definition) is 0. The number of hydrogen-bond acceptors (Lipinski definition) is 4. The molecule has 2 amide bonds. The highest BCUT2D eigenvalue weighted by Crippen LogP contribution is 2.33. The number of aryl methyl sites for hydroxylation is 2. The first-order valence-corrected chi connectivity index (χ1v) is 9.90. The van der Waals surface area contributed by atoms with Gasteiger partial charge in [-0.25, -0.2) is 4.90 Å². The highest BCUT2D eigenvalue weighted by atomic mass is 16.5. The Hall–Kier alpha value is -3.60. The Labute approximate surface area is 176 Å². The molecule has 0 bridgehead atoms. The van der Waals surface area contributed by atoms with Gasteiger partial charge in [0.25, 0.3) is 11.8 Å². The lowest BCUT2D eigenvalue weighted by Crippen LogP contribution is -2.30. The highest BCUT2D eigenvalue weighted by Gasteiger charge is 2.37. The van der Waals surface area contributed by atoms with E-state index in [-0.39, 0.29) is 11.8 Å². The number of para-hydroxylation sites is 1. The zero-order chi connectivity index (χ0) is 21.3. The summed E-state index contributed by atoms with van der Waals surface area (Å²) in [6.45, 7) is 0. The zero-order valence-corrected chi connectivity index (χ0v) is 17.4. The summed E-state index contributed by atoms with van der Waals surface area (Å²) in [7, 11) is 5.47. The van der Waals surface area contributed by atoms with Crippen LogP contribution >= 0.6 is 0 Å². The average Bonchev–Trinajstić information content (AvgIpc) is 3.02. The van der Waals surface area contributed by atoms with Gasteiger partial charge in [-0.05, 0) is 60.4 Å². The van der Waals surface area contributed by atoms with E-state index in [0.717, 1.165) is 29.8 Å². The molecule has 1 aliphatic heterocycles. The van der Waals surface area contributed by atoms with Crippen molar-refractivity contribution in [2.24, 2.45) is 0 Å². The van der Waals surface area contributed by atoms with Crippen LogP contribution in [0.25, 0.3) is 0 Å². The molecule has 5 heteroatoms. The van der Waals surface area contributed by atoms with Gasteiger partial charge in [0.2, 0.25) is 0 Å². The molecular formula is C25H24N2O3. The first-order valence-electron chi connectivity index (χ1n) is 9.90. The monoisotopic (exact) mass is 400 g/mol. The average molecular weight is 400 g/mol. The minimum Gasteiger partial charge on any atom is -0.497 e. The molecule has 0 N–H and O–H groups in total. The Kier molecular flexibility index (Phi) is 5.27. The van der Waals surface area contributed by atoms with Gasteiger partial charge in [0.1, 0.15) is 5.75 Å². The smallest absolute Gasteiger partial charge is 0.266 e. The van der Waals surface area contributed by atoms with Gasteiger partial charge in [-0.15, -0.1) is 0 Å². The van der Waals surface area contributed by atoms with E-state index in [4.69, 9.17) is 4.74 Å². The quantitative estimate of drug-likeness (QED) is 0.578. The van der Waals surface area contributed by atoms with E-state index in [1.54, 1.807) is 19.2 Å². The molecule has 4 rings (SSSR count). The number of rotatable bonds is 6. The van der Waals surface area contributed by atoms with Gasteiger partial charge in [0, 0.05) is 19.8 Å². The fourth-order valence-electron chi connectivity index (χ4n) is 3.74. The topological polar surface area (TPSA) is 49.9 Å². The summed E-state index contributed by atoms with van der Waals surface area (Å²) in [4.78, 5) is 29.4. The van der Waals surface area contributed by atoms with Crippen molar-refractivity contribution in [2.75, 3.05) is 31.0 Å². The van der Waals surface area contributed by atoms with Crippen LogP contribution in [0.3, 0.4) is 0 Å². The number of nitrogens with zero attached hydrogens (tertiary/aromatic N) is 2. The molecule has 0 unspecified atom stereocenters. The Bertz CT molecular complexity index is 1100. The number of carbonyl (C=O) groups excluding carboxylic acids is 2. The lowest BCUT2D eigenvalue weighted by Gasteiger charge is -2.18. The molecule has 0 spiro atoms. The summed E-state index contributed by atoms with van der Waals surface area (Å²) in [6.07, 6.45) is 1.52. The second kappa shape index (κ2) is 8.03. The maximum absolute atomic E-state index is 13.2. The Morgan fingerprint density at radius 1 is 0.833 bits per heavy atom. The number of benzene rings is 3. The number of fused-ring (bicyclic) bond motifs is 1. The van der Waals surface area contributed by atoms with Crippen LogP contribution in [-0.4, -0.2) is 33.0 Å². The van der Waals surface area contributed by atoms with Crippen LogP contribution in [0.5, 0.6) is 5.75 Å². The van der Waals surface area contributed by atoms with Gasteiger partial charge in [-0.3, -0.25) is 9.59 Å². The lowest BCUT2D eigenvalue weighted by molar-refractivity contribution is 0.0926. The molecule has 30 heavy (non-hydrogen) atoms. The molecule has 3 aromatic rings. The number of ether oxygens (including phenoxy) is 1. The first-order chi connectivity index (χ1) is 14.5. The second-order valence-electron chi connectivity index (χ2n) is 7.55. The molecular weight excluding hydrogens is 376 g/mol. The van der Waals surface area contributed by atoms with E-state index in [2.05, 4.69) is 0 Å². The predicted octanol–water partition coefficient (Wildman–Crippen LogP) is 4.35. The molecule has 0 atom stereocenters. The van der Waals surface area contributed by atoms with Crippen molar-refractivity contribution < 1.29 is 14.3 Å². The van der Waals surface area contributed by atoms with Gasteiger partial charge >= 0.3 is 0 Å². The van der Waals surface area contributed by atoms with Crippen LogP contribution in [0.4, 0.5) is 11.4 Å². The number of imide groups is 1. The maximum Gasteiger partial charge on any atom is 0.266 e. The van der Waals surface area contributed by atoms with Crippen molar-refractivity contribution in [3.63, 3.8) is 0 Å². The summed E-state index contributed by atoms with van der Waals surface area (Å²) < 4.78 is 5.21. The third-order valence-electron chi connectivity index (χ3n) is 5.46. The van der Waals surface area contributed by atoms with Crippen LogP contribution in [0.15, 0.2) is 66.7 Å². The Morgan fingerprint density at radius 3 is 2.23 bits per heavy atom. The second-order valence-corrected chi connectivity index (χ2v) is 7.55. The summed E-state index contributed by atoms with van der Waals surface area (Å²) in [5.41, 5.74) is 4.60. The lowest BCUT2D eigenvalue weighted by atomic mass is 10.0. The normalized spacial score (nSPS) is 12.8. The van der Waals surface area contributed by atoms with Crippen LogP contribution in [0.2, 0.25) is 0 Å². The van der Waals surface area contributed by atoms with Gasteiger partial charge in [-0.2, -0.15) is 0 Å². The van der Waals surface area contributed by atoms with Gasteiger partial charge < -0.3 is 9.64 Å². The third kappa shape index (κ3) is 3.54. The molecule has 5 nitrogen and oxygen atoms in total. The van der Waals surface area contributed by atoms with E-state index >= 15 is 0 Å². The largest absolute Gasteiger partial charge is 0.497 e. The third-order valence-corrected chi connectivity index (χ3v) is 5.46. The zero-order valence-electron chi connectivity index (χ0n) is 17.4. The van der Waals surface area contributed by atoms with Gasteiger partial charge in [0.15, 0.2) is 0 Å². The van der Waals surface area contributed by atoms with E-state index in [0.29, 0.717) is 16.8 Å². The molecule has 0 saturated carbocycles. The van der Waals surface area contributed by atoms with E-state index in [9.17, 15) is 9.59 Å². The highest BCUT2D eigenvalue weighted by molar-refractivity contribution is 6.34. The Morgan fingerprint density at radius 2 is 1.53 bits per heavy atom. The van der Waals surface area contributed by atoms with Crippen LogP contribution in [0, 0.1) is 0 Å². The molecule has 0 saturated heterocycles. The summed E-state index contributed by atoms with van der Waals surface area (Å²) >= 11 is 0. The van der Waals surface area contributed by atoms with Crippen molar-refractivity contribution in [2.45, 2.75) is 12.8 Å². The van der Waals surface area contributed by atoms with Crippen molar-refractivity contribution in [1.29, 1.82) is 0 Å². The molecule has 0 aromatic heterocycles.